The van der Waals surface area contributed by atoms with E-state index >= 15 is 0 Å². The number of rotatable bonds is 11. The number of piperidine rings is 1. The monoisotopic (exact) mass is 658 g/mol. The molecule has 0 amide bonds. The fourth-order valence-electron chi connectivity index (χ4n) is 12.7. The third kappa shape index (κ3) is 6.60. The van der Waals surface area contributed by atoms with Gasteiger partial charge in [0.15, 0.2) is 0 Å². The lowest BCUT2D eigenvalue weighted by Crippen LogP contribution is -2.51. The zero-order valence-corrected chi connectivity index (χ0v) is 31.3. The van der Waals surface area contributed by atoms with Crippen LogP contribution in [0.3, 0.4) is 0 Å². The molecule has 0 radical (unpaired) electrons. The molecule has 2 unspecified atom stereocenters. The molecule has 0 spiro atoms. The van der Waals surface area contributed by atoms with Gasteiger partial charge in [0.05, 0.1) is 12.7 Å². The average Bonchev–Trinajstić information content (AvgIpc) is 3.50. The summed E-state index contributed by atoms with van der Waals surface area (Å²) >= 11 is 0. The molecule has 4 heteroatoms. The number of hydrogen-bond donors (Lipinski definition) is 0. The first-order valence-electron chi connectivity index (χ1n) is 20.3. The molecule has 12 atom stereocenters. The number of allylic oxidation sites excluding steroid dienone is 1. The predicted octanol–water partition coefficient (Wildman–Crippen LogP) is 10.4. The molecule has 0 aromatic heterocycles. The lowest BCUT2D eigenvalue weighted by atomic mass is 9.47. The fraction of sp³-hybridized carbons (Fsp3) is 0.795. The van der Waals surface area contributed by atoms with Gasteiger partial charge in [-0.05, 0) is 136 Å². The molecular formula is C44H67NO3. The molecule has 4 nitrogen and oxygen atoms in total. The van der Waals surface area contributed by atoms with Gasteiger partial charge in [-0.2, -0.15) is 0 Å². The van der Waals surface area contributed by atoms with Crippen molar-refractivity contribution in [2.75, 3.05) is 13.7 Å². The van der Waals surface area contributed by atoms with Gasteiger partial charge in [-0.3, -0.25) is 4.79 Å². The highest BCUT2D eigenvalue weighted by molar-refractivity contribution is 5.78. The van der Waals surface area contributed by atoms with Crippen molar-refractivity contribution in [1.29, 1.82) is 0 Å². The summed E-state index contributed by atoms with van der Waals surface area (Å²) in [5.41, 5.74) is 3.54. The molecule has 266 valence electrons. The van der Waals surface area contributed by atoms with Crippen LogP contribution in [-0.4, -0.2) is 48.8 Å². The Bertz CT molecular complexity index is 1280. The minimum Gasteiger partial charge on any atom is -0.462 e. The Hall–Kier alpha value is -1.65. The van der Waals surface area contributed by atoms with Crippen LogP contribution in [-0.2, 0) is 14.3 Å². The molecule has 4 aliphatic carbocycles. The summed E-state index contributed by atoms with van der Waals surface area (Å²) in [5, 5.41) is 0. The van der Waals surface area contributed by atoms with Crippen LogP contribution in [0, 0.1) is 46.3 Å². The molecule has 2 bridgehead atoms. The molecule has 5 fully saturated rings. The number of nitrogens with zero attached hydrogens (tertiary/aromatic N) is 1. The second-order valence-corrected chi connectivity index (χ2v) is 18.5. The highest BCUT2D eigenvalue weighted by atomic mass is 16.5. The lowest BCUT2D eigenvalue weighted by Gasteiger charge is -2.58. The molecule has 48 heavy (non-hydrogen) atoms. The number of benzene rings is 1. The van der Waals surface area contributed by atoms with Crippen LogP contribution in [0.2, 0.25) is 0 Å². The van der Waals surface area contributed by atoms with Crippen LogP contribution in [0.15, 0.2) is 42.0 Å². The highest BCUT2D eigenvalue weighted by Crippen LogP contribution is 2.67. The largest absolute Gasteiger partial charge is 0.462 e. The number of esters is 1. The van der Waals surface area contributed by atoms with Crippen molar-refractivity contribution < 1.29 is 14.3 Å². The Morgan fingerprint density at radius 3 is 2.38 bits per heavy atom. The summed E-state index contributed by atoms with van der Waals surface area (Å²) in [4.78, 5) is 16.3. The molecule has 1 aromatic rings. The summed E-state index contributed by atoms with van der Waals surface area (Å²) in [5.74, 6) is 4.73. The minimum atomic E-state index is -0.361. The number of carbonyl (C=O) groups is 1. The number of carbonyl (C=O) groups excluding carboxylic acids is 1. The van der Waals surface area contributed by atoms with Crippen LogP contribution in [0.1, 0.15) is 142 Å². The summed E-state index contributed by atoms with van der Waals surface area (Å²) in [6.07, 6.45) is 21.9. The second-order valence-electron chi connectivity index (χ2n) is 18.5. The first-order chi connectivity index (χ1) is 23.1. The summed E-state index contributed by atoms with van der Waals surface area (Å²) in [6.45, 7) is 13.1. The smallest absolute Gasteiger partial charge is 0.316 e. The molecule has 3 saturated carbocycles. The van der Waals surface area contributed by atoms with Crippen molar-refractivity contribution in [3.8, 4) is 0 Å². The minimum absolute atomic E-state index is 0.0359. The maximum Gasteiger partial charge on any atom is 0.316 e. The maximum atomic E-state index is 13.8. The highest BCUT2D eigenvalue weighted by Gasteiger charge is 2.59. The summed E-state index contributed by atoms with van der Waals surface area (Å²) < 4.78 is 13.0. The summed E-state index contributed by atoms with van der Waals surface area (Å²) in [7, 11) is 2.24. The third-order valence-corrected chi connectivity index (χ3v) is 15.6. The second kappa shape index (κ2) is 14.2. The van der Waals surface area contributed by atoms with E-state index in [4.69, 9.17) is 9.47 Å². The predicted molar refractivity (Wildman–Crippen MR) is 196 cm³/mol. The van der Waals surface area contributed by atoms with E-state index in [0.717, 1.165) is 66.8 Å². The van der Waals surface area contributed by atoms with Crippen LogP contribution in [0.25, 0.3) is 0 Å². The molecule has 2 saturated heterocycles. The van der Waals surface area contributed by atoms with E-state index < -0.39 is 0 Å². The van der Waals surface area contributed by atoms with Gasteiger partial charge in [0, 0.05) is 12.1 Å². The van der Waals surface area contributed by atoms with Crippen LogP contribution < -0.4 is 0 Å². The Morgan fingerprint density at radius 1 is 0.896 bits per heavy atom. The SMILES string of the molecule is CC(C)CCC[C@@H](C)[C@H]1CC[C@H]2[C@@H]3CC=C4C[C@@H](OCC(C(=O)OC5C[C@H]6CC[C@@H](C5)N6C)c5ccccc5)CC[C@]4(C)[C@H]3CC[C@]12C. The first kappa shape index (κ1) is 34.8. The van der Waals surface area contributed by atoms with Crippen LogP contribution in [0.4, 0.5) is 0 Å². The molecule has 2 aliphatic heterocycles. The quantitative estimate of drug-likeness (QED) is 0.175. The summed E-state index contributed by atoms with van der Waals surface area (Å²) in [6, 6.07) is 11.4. The van der Waals surface area contributed by atoms with E-state index in [1.54, 1.807) is 5.57 Å². The van der Waals surface area contributed by atoms with Gasteiger partial charge in [-0.1, -0.05) is 95.9 Å². The van der Waals surface area contributed by atoms with Crippen molar-refractivity contribution in [1.82, 2.24) is 4.90 Å². The number of hydrogen-bond acceptors (Lipinski definition) is 4. The van der Waals surface area contributed by atoms with Gasteiger partial charge < -0.3 is 14.4 Å². The Morgan fingerprint density at radius 2 is 1.65 bits per heavy atom. The fourth-order valence-corrected chi connectivity index (χ4v) is 12.7. The third-order valence-electron chi connectivity index (χ3n) is 15.6. The van der Waals surface area contributed by atoms with Crippen molar-refractivity contribution >= 4 is 5.97 Å². The standard InChI is InChI=1S/C44H67NO3/c1-29(2)11-10-12-30(3)39-19-20-40-37-18-15-32-25-35(21-23-43(32,4)41(37)22-24-44(39,40)5)47-28-38(31-13-8-7-9-14-31)42(46)48-36-26-33-16-17-34(27-36)45(33)6/h7-9,13-15,29-30,33-41H,10-12,16-28H2,1-6H3/t30-,33-,34+,35+,36?,37+,38?,39-,40+,41+,43+,44-/m1/s1. The van der Waals surface area contributed by atoms with E-state index in [9.17, 15) is 4.79 Å². The number of ether oxygens (including phenoxy) is 2. The molecule has 6 aliphatic rings. The van der Waals surface area contributed by atoms with Crippen LogP contribution in [0.5, 0.6) is 0 Å². The van der Waals surface area contributed by atoms with E-state index in [1.807, 2.05) is 18.2 Å². The molecule has 0 N–H and O–H groups in total. The van der Waals surface area contributed by atoms with Crippen LogP contribution >= 0.6 is 0 Å². The Labute approximate surface area is 293 Å². The van der Waals surface area contributed by atoms with Gasteiger partial charge in [-0.15, -0.1) is 0 Å². The van der Waals surface area contributed by atoms with E-state index in [-0.39, 0.29) is 24.1 Å². The van der Waals surface area contributed by atoms with Gasteiger partial charge >= 0.3 is 5.97 Å². The maximum absolute atomic E-state index is 13.8. The molecule has 7 rings (SSSR count). The van der Waals surface area contributed by atoms with Gasteiger partial charge in [-0.25, -0.2) is 0 Å². The number of fused-ring (bicyclic) bond motifs is 7. The first-order valence-corrected chi connectivity index (χ1v) is 20.3. The Balaban J connectivity index is 0.980. The van der Waals surface area contributed by atoms with E-state index in [2.05, 4.69) is 64.8 Å². The normalized spacial score (nSPS) is 40.4. The molecule has 1 aromatic carbocycles. The van der Waals surface area contributed by atoms with Gasteiger partial charge in [0.25, 0.3) is 0 Å². The Kier molecular flexibility index (Phi) is 10.3. The average molecular weight is 658 g/mol. The van der Waals surface area contributed by atoms with E-state index in [1.165, 1.54) is 70.6 Å². The lowest BCUT2D eigenvalue weighted by molar-refractivity contribution is -0.156. The van der Waals surface area contributed by atoms with Crippen molar-refractivity contribution in [3.63, 3.8) is 0 Å². The van der Waals surface area contributed by atoms with Crippen molar-refractivity contribution in [2.45, 2.75) is 161 Å². The zero-order valence-electron chi connectivity index (χ0n) is 31.3. The zero-order chi connectivity index (χ0) is 33.6. The van der Waals surface area contributed by atoms with Crippen molar-refractivity contribution in [3.05, 3.63) is 47.5 Å². The van der Waals surface area contributed by atoms with Gasteiger partial charge in [0.2, 0.25) is 0 Å². The van der Waals surface area contributed by atoms with E-state index in [0.29, 0.717) is 29.5 Å². The molecular weight excluding hydrogens is 590 g/mol. The van der Waals surface area contributed by atoms with Crippen molar-refractivity contribution in [2.24, 2.45) is 46.3 Å². The van der Waals surface area contributed by atoms with Gasteiger partial charge in [0.1, 0.15) is 12.0 Å². The molecule has 2 heterocycles. The topological polar surface area (TPSA) is 38.8 Å².